The van der Waals surface area contributed by atoms with Crippen molar-refractivity contribution in [1.29, 1.82) is 0 Å². The number of benzene rings is 2. The molecule has 24 heavy (non-hydrogen) atoms. The quantitative estimate of drug-likeness (QED) is 0.720. The van der Waals surface area contributed by atoms with Crippen LogP contribution in [0.4, 0.5) is 0 Å². The van der Waals surface area contributed by atoms with Gasteiger partial charge in [0.15, 0.2) is 5.78 Å². The fourth-order valence-corrected chi connectivity index (χ4v) is 4.88. The number of halogens is 3. The first-order valence-electron chi connectivity index (χ1n) is 7.06. The zero-order valence-electron chi connectivity index (χ0n) is 12.2. The van der Waals surface area contributed by atoms with Crippen LogP contribution in [0.3, 0.4) is 0 Å². The van der Waals surface area contributed by atoms with E-state index in [1.54, 1.807) is 17.8 Å². The first-order valence-corrected chi connectivity index (χ1v) is 9.18. The maximum absolute atomic E-state index is 13.0. The van der Waals surface area contributed by atoms with Gasteiger partial charge in [0.2, 0.25) is 0 Å². The monoisotopic (exact) mass is 400 g/mol. The van der Waals surface area contributed by atoms with Crippen LogP contribution in [-0.2, 0) is 17.6 Å². The molecule has 0 aliphatic carbocycles. The number of thioether (sulfide) groups is 1. The van der Waals surface area contributed by atoms with Gasteiger partial charge in [-0.25, -0.2) is 0 Å². The summed E-state index contributed by atoms with van der Waals surface area (Å²) >= 11 is 19.8. The number of carboxylic acids is 1. The summed E-state index contributed by atoms with van der Waals surface area (Å²) in [4.78, 5) is 24.9. The summed E-state index contributed by atoms with van der Waals surface area (Å²) in [5.74, 6) is -0.407. The lowest BCUT2D eigenvalue weighted by Gasteiger charge is -2.12. The molecule has 1 aliphatic rings. The molecule has 124 valence electrons. The minimum atomic E-state index is -0.943. The van der Waals surface area contributed by atoms with Gasteiger partial charge in [0, 0.05) is 21.2 Å². The molecule has 0 amide bonds. The molecule has 2 aromatic carbocycles. The maximum atomic E-state index is 13.0. The number of carbonyl (C=O) groups is 2. The Balaban J connectivity index is 2.14. The highest BCUT2D eigenvalue weighted by Crippen LogP contribution is 2.39. The lowest BCUT2D eigenvalue weighted by Crippen LogP contribution is -2.08. The van der Waals surface area contributed by atoms with E-state index in [4.69, 9.17) is 39.9 Å². The summed E-state index contributed by atoms with van der Waals surface area (Å²) in [6, 6.07) is 6.41. The molecule has 0 saturated heterocycles. The lowest BCUT2D eigenvalue weighted by atomic mass is 9.96. The van der Waals surface area contributed by atoms with Crippen LogP contribution >= 0.6 is 46.6 Å². The SMILES string of the molecule is O=C(O)Cc1cc2c(c(C(=O)c3c(Cl)cc(Cl)cc3Cl)c1)SCC2. The highest BCUT2D eigenvalue weighted by molar-refractivity contribution is 7.99. The number of hydrogen-bond acceptors (Lipinski definition) is 3. The van der Waals surface area contributed by atoms with Gasteiger partial charge < -0.3 is 5.11 Å². The Kier molecular flexibility index (Phi) is 5.11. The maximum Gasteiger partial charge on any atom is 0.307 e. The Labute approximate surface area is 157 Å². The standard InChI is InChI=1S/C17H11Cl3O3S/c18-10-6-12(19)15(13(20)7-10)16(23)11-4-8(5-14(21)22)3-9-1-2-24-17(9)11/h3-4,6-7H,1-2,5H2,(H,21,22). The number of carbonyl (C=O) groups excluding carboxylic acids is 1. The number of rotatable bonds is 4. The molecule has 1 heterocycles. The summed E-state index contributed by atoms with van der Waals surface area (Å²) in [7, 11) is 0. The van der Waals surface area contributed by atoms with Crippen molar-refractivity contribution in [2.75, 3.05) is 5.75 Å². The number of aliphatic carboxylic acids is 1. The van der Waals surface area contributed by atoms with Crippen molar-refractivity contribution < 1.29 is 14.7 Å². The average Bonchev–Trinajstić information content (AvgIpc) is 2.92. The summed E-state index contributed by atoms with van der Waals surface area (Å²) in [6.07, 6.45) is 0.663. The van der Waals surface area contributed by atoms with E-state index in [1.807, 2.05) is 6.07 Å². The van der Waals surface area contributed by atoms with Gasteiger partial charge in [0.25, 0.3) is 0 Å². The van der Waals surface area contributed by atoms with Crippen LogP contribution in [0.15, 0.2) is 29.2 Å². The number of fused-ring (bicyclic) bond motifs is 1. The van der Waals surface area contributed by atoms with Gasteiger partial charge in [-0.2, -0.15) is 0 Å². The van der Waals surface area contributed by atoms with Gasteiger partial charge in [0.1, 0.15) is 0 Å². The van der Waals surface area contributed by atoms with Gasteiger partial charge in [-0.3, -0.25) is 9.59 Å². The van der Waals surface area contributed by atoms with Crippen molar-refractivity contribution in [3.63, 3.8) is 0 Å². The highest BCUT2D eigenvalue weighted by atomic mass is 35.5. The Hall–Kier alpha value is -1.20. The fraction of sp³-hybridized carbons (Fsp3) is 0.176. The molecule has 2 aromatic rings. The first-order chi connectivity index (χ1) is 11.4. The van der Waals surface area contributed by atoms with Crippen LogP contribution in [-0.4, -0.2) is 22.6 Å². The second kappa shape index (κ2) is 6.96. The summed E-state index contributed by atoms with van der Waals surface area (Å²) in [6.45, 7) is 0. The minimum Gasteiger partial charge on any atom is -0.481 e. The van der Waals surface area contributed by atoms with Crippen LogP contribution in [0.5, 0.6) is 0 Å². The van der Waals surface area contributed by atoms with Gasteiger partial charge in [-0.05, 0) is 35.7 Å². The van der Waals surface area contributed by atoms with Crippen molar-refractivity contribution in [3.8, 4) is 0 Å². The van der Waals surface area contributed by atoms with E-state index in [9.17, 15) is 9.59 Å². The molecule has 1 aliphatic heterocycles. The number of hydrogen-bond donors (Lipinski definition) is 1. The second-order valence-electron chi connectivity index (χ2n) is 5.37. The molecule has 0 fully saturated rings. The Morgan fingerprint density at radius 3 is 2.38 bits per heavy atom. The molecule has 0 saturated carbocycles. The molecule has 0 atom stereocenters. The lowest BCUT2D eigenvalue weighted by molar-refractivity contribution is -0.136. The van der Waals surface area contributed by atoms with Crippen molar-refractivity contribution in [2.45, 2.75) is 17.7 Å². The fourth-order valence-electron chi connectivity index (χ4n) is 2.71. The van der Waals surface area contributed by atoms with Crippen molar-refractivity contribution in [1.82, 2.24) is 0 Å². The van der Waals surface area contributed by atoms with Gasteiger partial charge >= 0.3 is 5.97 Å². The van der Waals surface area contributed by atoms with Gasteiger partial charge in [-0.1, -0.05) is 40.9 Å². The zero-order valence-corrected chi connectivity index (χ0v) is 15.3. The third-order valence-corrected chi connectivity index (χ3v) is 5.67. The summed E-state index contributed by atoms with van der Waals surface area (Å²) < 4.78 is 0. The number of carboxylic acid groups (broad SMARTS) is 1. The molecule has 7 heteroatoms. The molecular formula is C17H11Cl3O3S. The molecule has 0 bridgehead atoms. The second-order valence-corrected chi connectivity index (χ2v) is 7.73. The van der Waals surface area contributed by atoms with Crippen molar-refractivity contribution in [2.24, 2.45) is 0 Å². The third kappa shape index (κ3) is 3.42. The summed E-state index contributed by atoms with van der Waals surface area (Å²) in [5.41, 5.74) is 2.21. The largest absolute Gasteiger partial charge is 0.481 e. The number of aryl methyl sites for hydroxylation is 1. The molecule has 0 radical (unpaired) electrons. The Morgan fingerprint density at radius 2 is 1.75 bits per heavy atom. The smallest absolute Gasteiger partial charge is 0.307 e. The van der Waals surface area contributed by atoms with Crippen molar-refractivity contribution in [3.05, 3.63) is 61.6 Å². The van der Waals surface area contributed by atoms with E-state index < -0.39 is 5.97 Å². The minimum absolute atomic E-state index is 0.139. The Bertz CT molecular complexity index is 841. The molecule has 0 spiro atoms. The van der Waals surface area contributed by atoms with Crippen LogP contribution in [0.2, 0.25) is 15.1 Å². The molecule has 1 N–H and O–H groups in total. The predicted octanol–water partition coefficient (Wildman–Crippen LogP) is 5.15. The summed E-state index contributed by atoms with van der Waals surface area (Å²) in [5, 5.41) is 9.74. The predicted molar refractivity (Wildman–Crippen MR) is 97.1 cm³/mol. The normalized spacial score (nSPS) is 13.0. The van der Waals surface area contributed by atoms with E-state index in [2.05, 4.69) is 0 Å². The molecule has 3 nitrogen and oxygen atoms in total. The van der Waals surface area contributed by atoms with E-state index >= 15 is 0 Å². The van der Waals surface area contributed by atoms with Crippen molar-refractivity contribution >= 4 is 58.3 Å². The molecule has 0 aromatic heterocycles. The first kappa shape index (κ1) is 17.6. The Morgan fingerprint density at radius 1 is 1.08 bits per heavy atom. The van der Waals surface area contributed by atoms with E-state index in [1.165, 1.54) is 12.1 Å². The molecule has 3 rings (SSSR count). The van der Waals surface area contributed by atoms with Crippen LogP contribution < -0.4 is 0 Å². The number of ketones is 1. The van der Waals surface area contributed by atoms with E-state index in [0.717, 1.165) is 22.6 Å². The van der Waals surface area contributed by atoms with E-state index in [0.29, 0.717) is 16.1 Å². The van der Waals surface area contributed by atoms with Crippen LogP contribution in [0, 0.1) is 0 Å². The van der Waals surface area contributed by atoms with Crippen LogP contribution in [0.25, 0.3) is 0 Å². The third-order valence-electron chi connectivity index (χ3n) is 3.68. The molecular weight excluding hydrogens is 391 g/mol. The van der Waals surface area contributed by atoms with Gasteiger partial charge in [0.05, 0.1) is 22.0 Å². The average molecular weight is 402 g/mol. The topological polar surface area (TPSA) is 54.4 Å². The van der Waals surface area contributed by atoms with E-state index in [-0.39, 0.29) is 27.8 Å². The molecule has 0 unspecified atom stereocenters. The van der Waals surface area contributed by atoms with Crippen LogP contribution in [0.1, 0.15) is 27.0 Å². The van der Waals surface area contributed by atoms with Gasteiger partial charge in [-0.15, -0.1) is 11.8 Å². The highest BCUT2D eigenvalue weighted by Gasteiger charge is 2.25. The zero-order chi connectivity index (χ0) is 17.4.